The number of ketones is 1. The lowest BCUT2D eigenvalue weighted by Gasteiger charge is -2.18. The molecule has 0 saturated heterocycles. The third-order valence-corrected chi connectivity index (χ3v) is 4.10. The fourth-order valence-corrected chi connectivity index (χ4v) is 2.69. The van der Waals surface area contributed by atoms with Crippen LogP contribution < -0.4 is 10.1 Å². The summed E-state index contributed by atoms with van der Waals surface area (Å²) in [7, 11) is 0. The summed E-state index contributed by atoms with van der Waals surface area (Å²) in [6.07, 6.45) is 0. The molecule has 2 aromatic carbocycles. The lowest BCUT2D eigenvalue weighted by Crippen LogP contribution is -2.25. The van der Waals surface area contributed by atoms with Crippen molar-refractivity contribution < 1.29 is 28.2 Å². The number of ether oxygens (including phenoxy) is 2. The summed E-state index contributed by atoms with van der Waals surface area (Å²) in [5.74, 6) is -2.23. The van der Waals surface area contributed by atoms with Crippen LogP contribution >= 0.6 is 23.2 Å². The summed E-state index contributed by atoms with van der Waals surface area (Å²) in [5.41, 5.74) is 0.310. The molecule has 0 aliphatic carbocycles. The van der Waals surface area contributed by atoms with E-state index >= 15 is 0 Å². The highest BCUT2D eigenvalue weighted by atomic mass is 35.5. The van der Waals surface area contributed by atoms with Gasteiger partial charge in [0.1, 0.15) is 11.6 Å². The number of fused-ring (bicyclic) bond motifs is 1. The number of carbonyl (C=O) groups is 3. The van der Waals surface area contributed by atoms with Gasteiger partial charge in [-0.1, -0.05) is 23.2 Å². The molecule has 0 spiro atoms. The first-order valence-electron chi connectivity index (χ1n) is 7.26. The SMILES string of the molecule is O=C1COc2ccc(C(=O)COC(=O)c3cc(F)c(Cl)cc3Cl)cc2N1. The molecule has 6 nitrogen and oxygen atoms in total. The Balaban J connectivity index is 1.69. The molecule has 3 rings (SSSR count). The lowest BCUT2D eigenvalue weighted by atomic mass is 10.1. The van der Waals surface area contributed by atoms with Crippen molar-refractivity contribution in [2.24, 2.45) is 0 Å². The first-order valence-corrected chi connectivity index (χ1v) is 8.02. The number of carbonyl (C=O) groups excluding carboxylic acids is 3. The Morgan fingerprint density at radius 3 is 2.73 bits per heavy atom. The van der Waals surface area contributed by atoms with Gasteiger partial charge in [0.05, 0.1) is 21.3 Å². The predicted molar refractivity (Wildman–Crippen MR) is 91.6 cm³/mol. The maximum atomic E-state index is 13.5. The molecule has 0 atom stereocenters. The van der Waals surface area contributed by atoms with E-state index in [9.17, 15) is 18.8 Å². The van der Waals surface area contributed by atoms with E-state index in [2.05, 4.69) is 5.32 Å². The Bertz CT molecular complexity index is 932. The number of nitrogens with one attached hydrogen (secondary N) is 1. The highest BCUT2D eigenvalue weighted by molar-refractivity contribution is 6.36. The largest absolute Gasteiger partial charge is 0.482 e. The summed E-state index contributed by atoms with van der Waals surface area (Å²) in [4.78, 5) is 35.5. The first-order chi connectivity index (χ1) is 12.3. The van der Waals surface area contributed by atoms with Crippen LogP contribution in [0.2, 0.25) is 10.0 Å². The molecule has 1 heterocycles. The van der Waals surface area contributed by atoms with Gasteiger partial charge in [-0.3, -0.25) is 9.59 Å². The quantitative estimate of drug-likeness (QED) is 0.484. The van der Waals surface area contributed by atoms with Gasteiger partial charge in [-0.2, -0.15) is 0 Å². The first kappa shape index (κ1) is 18.2. The second kappa shape index (κ2) is 7.31. The van der Waals surface area contributed by atoms with Crippen molar-refractivity contribution >= 4 is 46.5 Å². The van der Waals surface area contributed by atoms with E-state index in [4.69, 9.17) is 32.7 Å². The average Bonchev–Trinajstić information content (AvgIpc) is 2.61. The molecule has 26 heavy (non-hydrogen) atoms. The van der Waals surface area contributed by atoms with E-state index in [1.807, 2.05) is 0 Å². The molecular formula is C17H10Cl2FNO5. The lowest BCUT2D eigenvalue weighted by molar-refractivity contribution is -0.118. The zero-order chi connectivity index (χ0) is 18.8. The zero-order valence-electron chi connectivity index (χ0n) is 13.0. The van der Waals surface area contributed by atoms with Gasteiger partial charge in [0.2, 0.25) is 0 Å². The Morgan fingerprint density at radius 1 is 1.19 bits per heavy atom. The molecule has 0 fully saturated rings. The van der Waals surface area contributed by atoms with Crippen molar-refractivity contribution in [3.63, 3.8) is 0 Å². The Kier molecular flexibility index (Phi) is 5.11. The van der Waals surface area contributed by atoms with Gasteiger partial charge >= 0.3 is 5.97 Å². The van der Waals surface area contributed by atoms with Crippen LogP contribution in [0, 0.1) is 5.82 Å². The van der Waals surface area contributed by atoms with Gasteiger partial charge < -0.3 is 14.8 Å². The molecule has 0 aromatic heterocycles. The second-order valence-electron chi connectivity index (χ2n) is 5.29. The number of hydrogen-bond donors (Lipinski definition) is 1. The van der Waals surface area contributed by atoms with E-state index < -0.39 is 24.2 Å². The van der Waals surface area contributed by atoms with Gasteiger partial charge in [0, 0.05) is 5.56 Å². The van der Waals surface area contributed by atoms with E-state index in [-0.39, 0.29) is 33.7 Å². The average molecular weight is 398 g/mol. The maximum absolute atomic E-state index is 13.5. The van der Waals surface area contributed by atoms with Crippen LogP contribution in [0.25, 0.3) is 0 Å². The highest BCUT2D eigenvalue weighted by Crippen LogP contribution is 2.29. The molecule has 2 aromatic rings. The molecule has 9 heteroatoms. The number of Topliss-reactive ketones (excluding diaryl/α,β-unsaturated/α-hetero) is 1. The summed E-state index contributed by atoms with van der Waals surface area (Å²) in [6.45, 7) is -0.691. The van der Waals surface area contributed by atoms with Gasteiger partial charge in [0.15, 0.2) is 19.0 Å². The minimum atomic E-state index is -0.964. The van der Waals surface area contributed by atoms with E-state index in [1.54, 1.807) is 0 Å². The molecule has 1 aliphatic rings. The van der Waals surface area contributed by atoms with Crippen LogP contribution in [-0.2, 0) is 9.53 Å². The summed E-state index contributed by atoms with van der Waals surface area (Å²) >= 11 is 11.4. The van der Waals surface area contributed by atoms with E-state index in [0.717, 1.165) is 12.1 Å². The maximum Gasteiger partial charge on any atom is 0.340 e. The van der Waals surface area contributed by atoms with Crippen LogP contribution in [0.15, 0.2) is 30.3 Å². The number of hydrogen-bond acceptors (Lipinski definition) is 5. The smallest absolute Gasteiger partial charge is 0.340 e. The monoisotopic (exact) mass is 397 g/mol. The third-order valence-electron chi connectivity index (χ3n) is 3.50. The fourth-order valence-electron chi connectivity index (χ4n) is 2.23. The van der Waals surface area contributed by atoms with Crippen LogP contribution in [0.3, 0.4) is 0 Å². The normalized spacial score (nSPS) is 12.7. The fraction of sp³-hybridized carbons (Fsp3) is 0.118. The number of amides is 1. The number of esters is 1. The molecule has 1 aliphatic heterocycles. The van der Waals surface area contributed by atoms with Gasteiger partial charge in [-0.25, -0.2) is 9.18 Å². The summed E-state index contributed by atoms with van der Waals surface area (Å²) in [5, 5.41) is 2.24. The minimum Gasteiger partial charge on any atom is -0.482 e. The van der Waals surface area contributed by atoms with Crippen molar-refractivity contribution in [3.05, 3.63) is 57.3 Å². The van der Waals surface area contributed by atoms with Crippen molar-refractivity contribution in [2.75, 3.05) is 18.5 Å². The predicted octanol–water partition coefficient (Wildman–Crippen LogP) is 3.50. The Morgan fingerprint density at radius 2 is 1.96 bits per heavy atom. The molecular weight excluding hydrogens is 388 g/mol. The summed E-state index contributed by atoms with van der Waals surface area (Å²) < 4.78 is 23.5. The second-order valence-corrected chi connectivity index (χ2v) is 6.11. The standard InChI is InChI=1S/C17H10Cl2FNO5/c18-10-5-11(19)12(20)4-9(10)17(24)26-6-14(22)8-1-2-15-13(3-8)21-16(23)7-25-15/h1-5H,6-7H2,(H,21,23). The summed E-state index contributed by atoms with van der Waals surface area (Å²) in [6, 6.07) is 6.32. The van der Waals surface area contributed by atoms with E-state index in [1.165, 1.54) is 18.2 Å². The highest BCUT2D eigenvalue weighted by Gasteiger charge is 2.20. The number of benzene rings is 2. The van der Waals surface area contributed by atoms with Crippen molar-refractivity contribution in [2.45, 2.75) is 0 Å². The molecule has 1 N–H and O–H groups in total. The Hall–Kier alpha value is -2.64. The van der Waals surface area contributed by atoms with Crippen LogP contribution in [0.5, 0.6) is 5.75 Å². The molecule has 134 valence electrons. The minimum absolute atomic E-state index is 0.0949. The molecule has 0 radical (unpaired) electrons. The molecule has 0 saturated carbocycles. The number of rotatable bonds is 4. The van der Waals surface area contributed by atoms with Crippen molar-refractivity contribution in [3.8, 4) is 5.75 Å². The number of halogens is 3. The van der Waals surface area contributed by atoms with Gasteiger partial charge in [-0.05, 0) is 30.3 Å². The van der Waals surface area contributed by atoms with Gasteiger partial charge in [-0.15, -0.1) is 0 Å². The van der Waals surface area contributed by atoms with Crippen molar-refractivity contribution in [1.29, 1.82) is 0 Å². The number of anilines is 1. The van der Waals surface area contributed by atoms with Crippen LogP contribution in [0.1, 0.15) is 20.7 Å². The van der Waals surface area contributed by atoms with Crippen LogP contribution in [-0.4, -0.2) is 30.9 Å². The molecule has 0 unspecified atom stereocenters. The van der Waals surface area contributed by atoms with Crippen molar-refractivity contribution in [1.82, 2.24) is 0 Å². The third kappa shape index (κ3) is 3.79. The topological polar surface area (TPSA) is 81.7 Å². The van der Waals surface area contributed by atoms with Crippen LogP contribution in [0.4, 0.5) is 10.1 Å². The molecule has 0 bridgehead atoms. The van der Waals surface area contributed by atoms with Gasteiger partial charge in [0.25, 0.3) is 5.91 Å². The van der Waals surface area contributed by atoms with E-state index in [0.29, 0.717) is 11.4 Å². The Labute approximate surface area is 156 Å². The molecule has 1 amide bonds. The zero-order valence-corrected chi connectivity index (χ0v) is 14.5.